The summed E-state index contributed by atoms with van der Waals surface area (Å²) in [6.45, 7) is 3.08. The highest BCUT2D eigenvalue weighted by Crippen LogP contribution is 2.29. The third kappa shape index (κ3) is 2.91. The minimum atomic E-state index is -0.566. The smallest absolute Gasteiger partial charge is 0.298 e. The lowest BCUT2D eigenvalue weighted by atomic mass is 10.1. The number of aromatic nitrogens is 5. The number of ketones is 1. The Labute approximate surface area is 182 Å². The van der Waals surface area contributed by atoms with Gasteiger partial charge in [0, 0.05) is 24.5 Å². The largest absolute Gasteiger partial charge is 0.332 e. The van der Waals surface area contributed by atoms with Gasteiger partial charge in [-0.25, -0.2) is 4.79 Å². The maximum atomic E-state index is 13.3. The number of nitrogens with zero attached hydrogens (tertiary/aromatic N) is 5. The molecule has 0 aliphatic heterocycles. The molecular weight excluding hydrogens is 406 g/mol. The Kier molecular flexibility index (Phi) is 4.44. The van der Waals surface area contributed by atoms with Crippen molar-refractivity contribution in [1.82, 2.24) is 23.1 Å². The zero-order valence-corrected chi connectivity index (χ0v) is 17.9. The quantitative estimate of drug-likeness (QED) is 0.442. The highest BCUT2D eigenvalue weighted by molar-refractivity contribution is 5.80. The van der Waals surface area contributed by atoms with Gasteiger partial charge in [-0.05, 0) is 31.5 Å². The Bertz CT molecular complexity index is 1630. The molecule has 2 aromatic carbocycles. The van der Waals surface area contributed by atoms with Crippen LogP contribution < -0.4 is 11.2 Å². The molecule has 8 heteroatoms. The van der Waals surface area contributed by atoms with Gasteiger partial charge in [0.2, 0.25) is 5.78 Å². The highest BCUT2D eigenvalue weighted by atomic mass is 16.2. The molecule has 0 N–H and O–H groups in total. The van der Waals surface area contributed by atoms with Crippen molar-refractivity contribution in [3.05, 3.63) is 87.2 Å². The fourth-order valence-electron chi connectivity index (χ4n) is 4.09. The van der Waals surface area contributed by atoms with E-state index in [9.17, 15) is 14.4 Å². The standard InChI is InChI=1S/C24H21N5O3/c1-15-8-7-11-18(12-15)29-19(17-9-5-4-6-10-17)14-27-20-21(25-23(27)29)26(3)24(32)28(22(20)31)13-16(2)30/h4-12,14H,13H2,1-3H3. The van der Waals surface area contributed by atoms with Gasteiger partial charge in [-0.2, -0.15) is 4.98 Å². The summed E-state index contributed by atoms with van der Waals surface area (Å²) in [6, 6.07) is 17.8. The third-order valence-corrected chi connectivity index (χ3v) is 5.56. The van der Waals surface area contributed by atoms with E-state index in [1.807, 2.05) is 72.3 Å². The predicted molar refractivity (Wildman–Crippen MR) is 122 cm³/mol. The first-order valence-corrected chi connectivity index (χ1v) is 10.2. The molecule has 32 heavy (non-hydrogen) atoms. The predicted octanol–water partition coefficient (Wildman–Crippen LogP) is 2.70. The number of benzene rings is 2. The summed E-state index contributed by atoms with van der Waals surface area (Å²) in [4.78, 5) is 42.4. The average molecular weight is 427 g/mol. The first kappa shape index (κ1) is 19.7. The first-order chi connectivity index (χ1) is 15.4. The van der Waals surface area contributed by atoms with Crippen molar-refractivity contribution in [2.24, 2.45) is 7.05 Å². The first-order valence-electron chi connectivity index (χ1n) is 10.2. The van der Waals surface area contributed by atoms with Gasteiger partial charge in [0.15, 0.2) is 11.2 Å². The van der Waals surface area contributed by atoms with Crippen LogP contribution in [-0.4, -0.2) is 28.9 Å². The van der Waals surface area contributed by atoms with Crippen LogP contribution in [0.15, 0.2) is 70.4 Å². The Balaban J connectivity index is 1.95. The van der Waals surface area contributed by atoms with Crippen molar-refractivity contribution in [3.8, 4) is 16.9 Å². The Morgan fingerprint density at radius 3 is 2.47 bits per heavy atom. The molecule has 0 aliphatic rings. The monoisotopic (exact) mass is 427 g/mol. The van der Waals surface area contributed by atoms with E-state index in [1.165, 1.54) is 11.5 Å². The van der Waals surface area contributed by atoms with Crippen molar-refractivity contribution in [2.45, 2.75) is 20.4 Å². The third-order valence-electron chi connectivity index (χ3n) is 5.56. The Morgan fingerprint density at radius 1 is 1.03 bits per heavy atom. The van der Waals surface area contributed by atoms with Crippen LogP contribution >= 0.6 is 0 Å². The van der Waals surface area contributed by atoms with E-state index in [-0.39, 0.29) is 23.5 Å². The number of Topliss-reactive ketones (excluding diaryl/α,β-unsaturated/α-hetero) is 1. The van der Waals surface area contributed by atoms with Gasteiger partial charge in [0.1, 0.15) is 5.78 Å². The lowest BCUT2D eigenvalue weighted by Gasteiger charge is -2.10. The molecule has 0 spiro atoms. The van der Waals surface area contributed by atoms with Gasteiger partial charge in [-0.3, -0.25) is 27.7 Å². The number of aryl methyl sites for hydroxylation is 2. The summed E-state index contributed by atoms with van der Waals surface area (Å²) in [5.41, 5.74) is 3.22. The van der Waals surface area contributed by atoms with Crippen molar-refractivity contribution >= 4 is 22.7 Å². The summed E-state index contributed by atoms with van der Waals surface area (Å²) < 4.78 is 5.96. The number of carbonyl (C=O) groups is 1. The molecule has 0 saturated carbocycles. The second-order valence-electron chi connectivity index (χ2n) is 7.94. The number of hydrogen-bond acceptors (Lipinski definition) is 4. The van der Waals surface area contributed by atoms with Crippen LogP contribution in [0.1, 0.15) is 12.5 Å². The molecule has 5 rings (SSSR count). The number of rotatable bonds is 4. The maximum Gasteiger partial charge on any atom is 0.332 e. The minimum absolute atomic E-state index is 0.256. The van der Waals surface area contributed by atoms with Gasteiger partial charge < -0.3 is 0 Å². The molecule has 0 atom stereocenters. The van der Waals surface area contributed by atoms with E-state index in [0.717, 1.165) is 27.1 Å². The van der Waals surface area contributed by atoms with E-state index < -0.39 is 11.2 Å². The van der Waals surface area contributed by atoms with Gasteiger partial charge in [0.05, 0.1) is 12.2 Å². The van der Waals surface area contributed by atoms with Crippen LogP contribution in [0.2, 0.25) is 0 Å². The highest BCUT2D eigenvalue weighted by Gasteiger charge is 2.22. The maximum absolute atomic E-state index is 13.3. The molecule has 160 valence electrons. The summed E-state index contributed by atoms with van der Waals surface area (Å²) in [5.74, 6) is 0.240. The van der Waals surface area contributed by atoms with Crippen molar-refractivity contribution in [2.75, 3.05) is 0 Å². The van der Waals surface area contributed by atoms with E-state index in [2.05, 4.69) is 0 Å². The zero-order valence-electron chi connectivity index (χ0n) is 17.9. The number of fused-ring (bicyclic) bond motifs is 3. The van der Waals surface area contributed by atoms with Crippen LogP contribution in [0, 0.1) is 6.92 Å². The van der Waals surface area contributed by atoms with E-state index >= 15 is 0 Å². The molecule has 0 saturated heterocycles. The lowest BCUT2D eigenvalue weighted by molar-refractivity contribution is -0.117. The second kappa shape index (κ2) is 7.19. The SMILES string of the molecule is CC(=O)Cn1c(=O)c2c(nc3n(-c4cccc(C)c4)c(-c4ccccc4)cn23)n(C)c1=O. The lowest BCUT2D eigenvalue weighted by Crippen LogP contribution is -2.40. The molecule has 3 aromatic heterocycles. The van der Waals surface area contributed by atoms with Crippen LogP contribution in [0.4, 0.5) is 0 Å². The minimum Gasteiger partial charge on any atom is -0.298 e. The van der Waals surface area contributed by atoms with E-state index in [4.69, 9.17) is 4.98 Å². The number of carbonyl (C=O) groups excluding carboxylic acids is 1. The molecule has 0 aliphatic carbocycles. The molecule has 0 radical (unpaired) electrons. The number of hydrogen-bond donors (Lipinski definition) is 0. The van der Waals surface area contributed by atoms with E-state index in [1.54, 1.807) is 11.4 Å². The number of imidazole rings is 2. The van der Waals surface area contributed by atoms with Gasteiger partial charge >= 0.3 is 5.69 Å². The van der Waals surface area contributed by atoms with E-state index in [0.29, 0.717) is 5.78 Å². The molecule has 5 aromatic rings. The van der Waals surface area contributed by atoms with Gasteiger partial charge in [-0.1, -0.05) is 42.5 Å². The summed E-state index contributed by atoms with van der Waals surface area (Å²) in [6.07, 6.45) is 1.85. The van der Waals surface area contributed by atoms with Crippen molar-refractivity contribution < 1.29 is 4.79 Å². The van der Waals surface area contributed by atoms with Crippen LogP contribution in [0.5, 0.6) is 0 Å². The van der Waals surface area contributed by atoms with Gasteiger partial charge in [-0.15, -0.1) is 0 Å². The summed E-state index contributed by atoms with van der Waals surface area (Å²) in [7, 11) is 1.56. The normalized spacial score (nSPS) is 11.5. The molecule has 3 heterocycles. The molecule has 0 bridgehead atoms. The molecule has 0 fully saturated rings. The molecular formula is C24H21N5O3. The fourth-order valence-corrected chi connectivity index (χ4v) is 4.09. The summed E-state index contributed by atoms with van der Waals surface area (Å²) in [5, 5.41) is 0. The van der Waals surface area contributed by atoms with Crippen LogP contribution in [-0.2, 0) is 18.4 Å². The second-order valence-corrected chi connectivity index (χ2v) is 7.94. The van der Waals surface area contributed by atoms with Crippen LogP contribution in [0.25, 0.3) is 33.9 Å². The Morgan fingerprint density at radius 2 is 1.78 bits per heavy atom. The van der Waals surface area contributed by atoms with Crippen molar-refractivity contribution in [3.63, 3.8) is 0 Å². The molecule has 0 unspecified atom stereocenters. The van der Waals surface area contributed by atoms with Crippen molar-refractivity contribution in [1.29, 1.82) is 0 Å². The fraction of sp³-hybridized carbons (Fsp3) is 0.167. The Hall–Kier alpha value is -4.20. The molecule has 0 amide bonds. The average Bonchev–Trinajstić information content (AvgIpc) is 3.32. The van der Waals surface area contributed by atoms with Gasteiger partial charge in [0.25, 0.3) is 5.56 Å². The zero-order chi connectivity index (χ0) is 22.6. The molecule has 8 nitrogen and oxygen atoms in total. The summed E-state index contributed by atoms with van der Waals surface area (Å²) >= 11 is 0. The van der Waals surface area contributed by atoms with Crippen LogP contribution in [0.3, 0.4) is 0 Å². The topological polar surface area (TPSA) is 83.3 Å².